The fourth-order valence-corrected chi connectivity index (χ4v) is 0.893. The van der Waals surface area contributed by atoms with E-state index in [-0.39, 0.29) is 5.57 Å². The lowest BCUT2D eigenvalue weighted by molar-refractivity contribution is 0.0896. The van der Waals surface area contributed by atoms with E-state index in [1.807, 2.05) is 0 Å². The van der Waals surface area contributed by atoms with Gasteiger partial charge in [-0.3, -0.25) is 0 Å². The molecule has 0 bridgehead atoms. The van der Waals surface area contributed by atoms with Crippen LogP contribution in [-0.4, -0.2) is 5.92 Å². The van der Waals surface area contributed by atoms with Crippen LogP contribution in [0, 0.1) is 0 Å². The monoisotopic (exact) mass is 168 g/mol. The Morgan fingerprint density at radius 1 is 1.25 bits per heavy atom. The molecule has 2 heteroatoms. The van der Waals surface area contributed by atoms with Crippen LogP contribution in [0.2, 0.25) is 0 Å². The maximum atomic E-state index is 12.7. The third-order valence-corrected chi connectivity index (χ3v) is 1.65. The highest BCUT2D eigenvalue weighted by atomic mass is 19.3. The molecule has 1 aromatic carbocycles. The van der Waals surface area contributed by atoms with Crippen molar-refractivity contribution in [3.8, 4) is 0 Å². The molecule has 1 aromatic rings. The third-order valence-electron chi connectivity index (χ3n) is 1.65. The molecule has 64 valence electrons. The first-order chi connectivity index (χ1) is 5.52. The van der Waals surface area contributed by atoms with Gasteiger partial charge < -0.3 is 0 Å². The summed E-state index contributed by atoms with van der Waals surface area (Å²) in [6.07, 6.45) is 0. The van der Waals surface area contributed by atoms with Crippen LogP contribution in [0.15, 0.2) is 36.9 Å². The Labute approximate surface area is 70.5 Å². The standard InChI is InChI=1S/C10H10F2/c1-8(10(2,11)12)9-6-4-3-5-7-9/h3-7H,1H2,2H3. The molecular formula is C10H10F2. The van der Waals surface area contributed by atoms with Crippen molar-refractivity contribution in [2.45, 2.75) is 12.8 Å². The Morgan fingerprint density at radius 2 is 1.75 bits per heavy atom. The molecule has 0 atom stereocenters. The lowest BCUT2D eigenvalue weighted by Crippen LogP contribution is -2.11. The van der Waals surface area contributed by atoms with Crippen LogP contribution in [0.1, 0.15) is 12.5 Å². The molecule has 0 aliphatic heterocycles. The number of hydrogen-bond donors (Lipinski definition) is 0. The minimum atomic E-state index is -2.83. The largest absolute Gasteiger partial charge is 0.270 e. The summed E-state index contributed by atoms with van der Waals surface area (Å²) in [5.41, 5.74) is 0.355. The van der Waals surface area contributed by atoms with E-state index in [1.54, 1.807) is 30.3 Å². The number of allylic oxidation sites excluding steroid dienone is 1. The molecule has 0 N–H and O–H groups in total. The van der Waals surface area contributed by atoms with Crippen LogP contribution >= 0.6 is 0 Å². The number of alkyl halides is 2. The first-order valence-electron chi connectivity index (χ1n) is 3.64. The summed E-state index contributed by atoms with van der Waals surface area (Å²) in [5.74, 6) is -2.83. The number of hydrogen-bond acceptors (Lipinski definition) is 0. The van der Waals surface area contributed by atoms with Crippen LogP contribution in [0.3, 0.4) is 0 Å². The first kappa shape index (κ1) is 8.91. The second-order valence-electron chi connectivity index (χ2n) is 2.73. The van der Waals surface area contributed by atoms with E-state index in [1.165, 1.54) is 0 Å². The SMILES string of the molecule is C=C(c1ccccc1)C(C)(F)F. The lowest BCUT2D eigenvalue weighted by atomic mass is 10.0. The second kappa shape index (κ2) is 3.05. The first-order valence-corrected chi connectivity index (χ1v) is 3.64. The molecule has 0 spiro atoms. The number of halogens is 2. The Hall–Kier alpha value is -1.18. The average molecular weight is 168 g/mol. The fourth-order valence-electron chi connectivity index (χ4n) is 0.893. The van der Waals surface area contributed by atoms with E-state index in [2.05, 4.69) is 6.58 Å². The van der Waals surface area contributed by atoms with E-state index in [4.69, 9.17) is 0 Å². The van der Waals surface area contributed by atoms with Crippen LogP contribution in [0.25, 0.3) is 5.57 Å². The zero-order valence-electron chi connectivity index (χ0n) is 6.85. The van der Waals surface area contributed by atoms with E-state index < -0.39 is 5.92 Å². The van der Waals surface area contributed by atoms with Gasteiger partial charge in [-0.2, -0.15) is 0 Å². The molecule has 0 aromatic heterocycles. The second-order valence-corrected chi connectivity index (χ2v) is 2.73. The highest BCUT2D eigenvalue weighted by Gasteiger charge is 2.26. The lowest BCUT2D eigenvalue weighted by Gasteiger charge is -2.13. The quantitative estimate of drug-likeness (QED) is 0.635. The van der Waals surface area contributed by atoms with E-state index in [0.717, 1.165) is 6.92 Å². The van der Waals surface area contributed by atoms with Crippen LogP contribution in [-0.2, 0) is 0 Å². The summed E-state index contributed by atoms with van der Waals surface area (Å²) in [6.45, 7) is 4.20. The zero-order valence-corrected chi connectivity index (χ0v) is 6.85. The van der Waals surface area contributed by atoms with Gasteiger partial charge >= 0.3 is 0 Å². The Morgan fingerprint density at radius 3 is 2.17 bits per heavy atom. The van der Waals surface area contributed by atoms with Crippen molar-refractivity contribution in [3.05, 3.63) is 42.5 Å². The predicted octanol–water partition coefficient (Wildman–Crippen LogP) is 3.36. The number of benzene rings is 1. The molecule has 0 saturated carbocycles. The van der Waals surface area contributed by atoms with Crippen molar-refractivity contribution >= 4 is 5.57 Å². The predicted molar refractivity (Wildman–Crippen MR) is 46.1 cm³/mol. The summed E-state index contributed by atoms with van der Waals surface area (Å²) in [4.78, 5) is 0. The molecule has 12 heavy (non-hydrogen) atoms. The molecule has 0 aliphatic carbocycles. The topological polar surface area (TPSA) is 0 Å². The van der Waals surface area contributed by atoms with Gasteiger partial charge in [-0.1, -0.05) is 36.9 Å². The average Bonchev–Trinajstić information content (AvgIpc) is 2.03. The zero-order chi connectivity index (χ0) is 9.19. The van der Waals surface area contributed by atoms with E-state index >= 15 is 0 Å². The third kappa shape index (κ3) is 1.91. The maximum Gasteiger partial charge on any atom is 0.270 e. The minimum absolute atomic E-state index is 0.136. The van der Waals surface area contributed by atoms with Crippen LogP contribution in [0.5, 0.6) is 0 Å². The Kier molecular flexibility index (Phi) is 2.27. The van der Waals surface area contributed by atoms with Gasteiger partial charge in [0.05, 0.1) is 0 Å². The van der Waals surface area contributed by atoms with Crippen molar-refractivity contribution in [2.75, 3.05) is 0 Å². The smallest absolute Gasteiger partial charge is 0.202 e. The Bertz CT molecular complexity index is 270. The maximum absolute atomic E-state index is 12.7. The molecule has 1 rings (SSSR count). The molecule has 0 heterocycles. The highest BCUT2D eigenvalue weighted by molar-refractivity contribution is 5.68. The summed E-state index contributed by atoms with van der Waals surface area (Å²) in [6, 6.07) is 8.46. The van der Waals surface area contributed by atoms with E-state index in [0.29, 0.717) is 5.56 Å². The molecule has 0 nitrogen and oxygen atoms in total. The van der Waals surface area contributed by atoms with Crippen molar-refractivity contribution in [1.29, 1.82) is 0 Å². The minimum Gasteiger partial charge on any atom is -0.202 e. The normalized spacial score (nSPS) is 11.2. The molecule has 0 amide bonds. The van der Waals surface area contributed by atoms with Crippen LogP contribution < -0.4 is 0 Å². The summed E-state index contributed by atoms with van der Waals surface area (Å²) < 4.78 is 25.4. The van der Waals surface area contributed by atoms with Crippen molar-refractivity contribution < 1.29 is 8.78 Å². The number of rotatable bonds is 2. The van der Waals surface area contributed by atoms with Gasteiger partial charge in [-0.25, -0.2) is 8.78 Å². The highest BCUT2D eigenvalue weighted by Crippen LogP contribution is 2.29. The fraction of sp³-hybridized carbons (Fsp3) is 0.200. The summed E-state index contributed by atoms with van der Waals surface area (Å²) >= 11 is 0. The molecule has 0 fully saturated rings. The Balaban J connectivity index is 2.94. The van der Waals surface area contributed by atoms with Gasteiger partial charge in [-0.15, -0.1) is 0 Å². The summed E-state index contributed by atoms with van der Waals surface area (Å²) in [7, 11) is 0. The molecule has 0 aliphatic rings. The van der Waals surface area contributed by atoms with Crippen molar-refractivity contribution in [2.24, 2.45) is 0 Å². The van der Waals surface area contributed by atoms with Gasteiger partial charge in [0.25, 0.3) is 5.92 Å². The van der Waals surface area contributed by atoms with Gasteiger partial charge in [0, 0.05) is 12.5 Å². The molecule has 0 saturated heterocycles. The summed E-state index contributed by atoms with van der Waals surface area (Å²) in [5, 5.41) is 0. The van der Waals surface area contributed by atoms with Gasteiger partial charge in [0.1, 0.15) is 0 Å². The molecule has 0 unspecified atom stereocenters. The molecular weight excluding hydrogens is 158 g/mol. The van der Waals surface area contributed by atoms with E-state index in [9.17, 15) is 8.78 Å². The van der Waals surface area contributed by atoms with Gasteiger partial charge in [-0.05, 0) is 5.56 Å². The van der Waals surface area contributed by atoms with Gasteiger partial charge in [0.15, 0.2) is 0 Å². The van der Waals surface area contributed by atoms with Gasteiger partial charge in [0.2, 0.25) is 0 Å². The molecule has 0 radical (unpaired) electrons. The van der Waals surface area contributed by atoms with Crippen molar-refractivity contribution in [1.82, 2.24) is 0 Å². The van der Waals surface area contributed by atoms with Crippen LogP contribution in [0.4, 0.5) is 8.78 Å². The van der Waals surface area contributed by atoms with Crippen molar-refractivity contribution in [3.63, 3.8) is 0 Å².